The molecule has 2 bridgehead atoms. The van der Waals surface area contributed by atoms with Crippen molar-refractivity contribution < 1.29 is 0 Å². The molecule has 0 aromatic heterocycles. The van der Waals surface area contributed by atoms with Gasteiger partial charge in [-0.2, -0.15) is 0 Å². The summed E-state index contributed by atoms with van der Waals surface area (Å²) in [6.07, 6.45) is 7.50. The van der Waals surface area contributed by atoms with Crippen LogP contribution in [0.1, 0.15) is 39.0 Å². The largest absolute Gasteiger partial charge is 0.0788 e. The Hall–Kier alpha value is 0.730. The van der Waals surface area contributed by atoms with E-state index in [4.69, 9.17) is 0 Å². The molecule has 52 valence electrons. The van der Waals surface area contributed by atoms with Crippen LogP contribution < -0.4 is 0 Å². The highest BCUT2D eigenvalue weighted by molar-refractivity contribution is 14.1. The molecule has 0 atom stereocenters. The summed E-state index contributed by atoms with van der Waals surface area (Å²) in [6, 6.07) is 0. The lowest BCUT2D eigenvalue weighted by molar-refractivity contribution is -0.0698. The topological polar surface area (TPSA) is 0 Å². The highest BCUT2D eigenvalue weighted by atomic mass is 127. The lowest BCUT2D eigenvalue weighted by Crippen LogP contribution is -2.62. The van der Waals surface area contributed by atoms with Gasteiger partial charge < -0.3 is 0 Å². The average molecular weight is 236 g/mol. The summed E-state index contributed by atoms with van der Waals surface area (Å²) < 4.78 is 0.799. The van der Waals surface area contributed by atoms with E-state index in [1.807, 2.05) is 0 Å². The third-order valence-corrected chi connectivity index (χ3v) is 4.00. The summed E-state index contributed by atoms with van der Waals surface area (Å²) in [7, 11) is 0. The van der Waals surface area contributed by atoms with Gasteiger partial charge >= 0.3 is 0 Å². The van der Waals surface area contributed by atoms with Crippen LogP contribution in [-0.4, -0.2) is 3.42 Å². The van der Waals surface area contributed by atoms with Crippen molar-refractivity contribution in [2.24, 2.45) is 5.41 Å². The lowest BCUT2D eigenvalue weighted by atomic mass is 9.43. The maximum Gasteiger partial charge on any atom is 0.0238 e. The molecule has 0 saturated heterocycles. The number of hydrogen-bond acceptors (Lipinski definition) is 0. The second-order valence-corrected chi connectivity index (χ2v) is 6.22. The van der Waals surface area contributed by atoms with Crippen molar-refractivity contribution in [1.29, 1.82) is 0 Å². The molecule has 0 heterocycles. The third kappa shape index (κ3) is 0.765. The van der Waals surface area contributed by atoms with Crippen molar-refractivity contribution in [3.8, 4) is 0 Å². The van der Waals surface area contributed by atoms with E-state index in [1.165, 1.54) is 32.1 Å². The van der Waals surface area contributed by atoms with Gasteiger partial charge in [0.15, 0.2) is 0 Å². The fourth-order valence-electron chi connectivity index (χ4n) is 2.66. The minimum absolute atomic E-state index is 0.799. The molecule has 3 rings (SSSR count). The summed E-state index contributed by atoms with van der Waals surface area (Å²) in [5, 5.41) is 0. The normalized spacial score (nSPS) is 54.0. The summed E-state index contributed by atoms with van der Waals surface area (Å²) in [4.78, 5) is 0. The van der Waals surface area contributed by atoms with Gasteiger partial charge in [-0.1, -0.05) is 35.9 Å². The molecular weight excluding hydrogens is 223 g/mol. The molecule has 3 saturated carbocycles. The van der Waals surface area contributed by atoms with Crippen LogP contribution >= 0.6 is 22.6 Å². The van der Waals surface area contributed by atoms with E-state index in [-0.39, 0.29) is 0 Å². The van der Waals surface area contributed by atoms with Crippen molar-refractivity contribution in [2.75, 3.05) is 0 Å². The van der Waals surface area contributed by atoms with E-state index in [0.717, 1.165) is 8.84 Å². The van der Waals surface area contributed by atoms with Gasteiger partial charge in [-0.25, -0.2) is 0 Å². The SMILES string of the molecule is CCCC12CC(I)(C1)C2. The summed E-state index contributed by atoms with van der Waals surface area (Å²) >= 11 is 2.64. The van der Waals surface area contributed by atoms with E-state index in [9.17, 15) is 0 Å². The zero-order valence-corrected chi connectivity index (χ0v) is 8.07. The Balaban J connectivity index is 1.90. The maximum atomic E-state index is 2.64. The molecule has 0 aliphatic heterocycles. The molecule has 0 aromatic carbocycles. The lowest BCUT2D eigenvalue weighted by Gasteiger charge is -2.68. The predicted octanol–water partition coefficient (Wildman–Crippen LogP) is 3.14. The fourth-order valence-corrected chi connectivity index (χ4v) is 5.08. The summed E-state index contributed by atoms with van der Waals surface area (Å²) in [6.45, 7) is 2.31. The molecular formula is C8H13I. The average Bonchev–Trinajstić information content (AvgIpc) is 1.60. The Morgan fingerprint density at radius 1 is 1.33 bits per heavy atom. The maximum absolute atomic E-state index is 2.64. The molecule has 3 aliphatic carbocycles. The van der Waals surface area contributed by atoms with Crippen LogP contribution in [0.3, 0.4) is 0 Å². The van der Waals surface area contributed by atoms with Gasteiger partial charge in [-0.15, -0.1) is 0 Å². The molecule has 0 N–H and O–H groups in total. The van der Waals surface area contributed by atoms with Crippen LogP contribution in [0, 0.1) is 5.41 Å². The van der Waals surface area contributed by atoms with Gasteiger partial charge in [0.25, 0.3) is 0 Å². The Bertz CT molecular complexity index is 114. The second-order valence-electron chi connectivity index (χ2n) is 3.93. The zero-order chi connectivity index (χ0) is 6.54. The van der Waals surface area contributed by atoms with Gasteiger partial charge in [0.2, 0.25) is 0 Å². The van der Waals surface area contributed by atoms with Crippen molar-refractivity contribution in [3.63, 3.8) is 0 Å². The Morgan fingerprint density at radius 2 is 1.89 bits per heavy atom. The highest BCUT2D eigenvalue weighted by Crippen LogP contribution is 2.73. The van der Waals surface area contributed by atoms with Gasteiger partial charge in [0.1, 0.15) is 0 Å². The minimum Gasteiger partial charge on any atom is -0.0788 e. The molecule has 0 aromatic rings. The molecule has 0 unspecified atom stereocenters. The van der Waals surface area contributed by atoms with Gasteiger partial charge in [0.05, 0.1) is 0 Å². The van der Waals surface area contributed by atoms with Crippen molar-refractivity contribution >= 4 is 22.6 Å². The monoisotopic (exact) mass is 236 g/mol. The van der Waals surface area contributed by atoms with Crippen LogP contribution in [0.5, 0.6) is 0 Å². The number of rotatable bonds is 2. The van der Waals surface area contributed by atoms with E-state index >= 15 is 0 Å². The molecule has 0 spiro atoms. The quantitative estimate of drug-likeness (QED) is 0.510. The van der Waals surface area contributed by atoms with Crippen LogP contribution in [0.2, 0.25) is 0 Å². The van der Waals surface area contributed by atoms with Crippen LogP contribution in [0.15, 0.2) is 0 Å². The van der Waals surface area contributed by atoms with E-state index in [1.54, 1.807) is 0 Å². The van der Waals surface area contributed by atoms with Crippen LogP contribution in [0.25, 0.3) is 0 Å². The first kappa shape index (κ1) is 6.44. The second kappa shape index (κ2) is 1.66. The molecule has 0 nitrogen and oxygen atoms in total. The fraction of sp³-hybridized carbons (Fsp3) is 1.00. The smallest absolute Gasteiger partial charge is 0.0238 e. The third-order valence-electron chi connectivity index (χ3n) is 2.86. The first-order valence-electron chi connectivity index (χ1n) is 3.87. The van der Waals surface area contributed by atoms with E-state index < -0.39 is 0 Å². The van der Waals surface area contributed by atoms with Crippen molar-refractivity contribution in [1.82, 2.24) is 0 Å². The molecule has 0 radical (unpaired) electrons. The van der Waals surface area contributed by atoms with E-state index in [0.29, 0.717) is 0 Å². The first-order valence-corrected chi connectivity index (χ1v) is 4.95. The summed E-state index contributed by atoms with van der Waals surface area (Å²) in [5.74, 6) is 0. The summed E-state index contributed by atoms with van der Waals surface area (Å²) in [5.41, 5.74) is 0.871. The molecule has 3 fully saturated rings. The first-order chi connectivity index (χ1) is 4.18. The van der Waals surface area contributed by atoms with Gasteiger partial charge in [-0.05, 0) is 31.1 Å². The standard InChI is InChI=1S/C8H13I/c1-2-3-7-4-8(9,5-7)6-7/h2-6H2,1H3. The number of halogens is 1. The molecule has 1 heteroatoms. The predicted molar refractivity (Wildman–Crippen MR) is 47.9 cm³/mol. The molecule has 0 amide bonds. The minimum atomic E-state index is 0.799. The zero-order valence-electron chi connectivity index (χ0n) is 5.91. The van der Waals surface area contributed by atoms with Crippen LogP contribution in [-0.2, 0) is 0 Å². The van der Waals surface area contributed by atoms with Crippen molar-refractivity contribution in [3.05, 3.63) is 0 Å². The Morgan fingerprint density at radius 3 is 2.22 bits per heavy atom. The van der Waals surface area contributed by atoms with E-state index in [2.05, 4.69) is 29.5 Å². The van der Waals surface area contributed by atoms with Gasteiger partial charge in [0, 0.05) is 3.42 Å². The molecule has 9 heavy (non-hydrogen) atoms. The highest BCUT2D eigenvalue weighted by Gasteiger charge is 2.65. The Labute approximate surface area is 70.5 Å². The van der Waals surface area contributed by atoms with Crippen molar-refractivity contribution in [2.45, 2.75) is 42.4 Å². The van der Waals surface area contributed by atoms with Gasteiger partial charge in [-0.3, -0.25) is 0 Å². The number of hydrogen-bond donors (Lipinski definition) is 0. The molecule has 3 aliphatic rings. The Kier molecular flexibility index (Phi) is 1.19. The number of alkyl halides is 1. The van der Waals surface area contributed by atoms with Crippen LogP contribution in [0.4, 0.5) is 0 Å².